The Morgan fingerprint density at radius 3 is 1.23 bits per heavy atom. The Labute approximate surface area is 816 Å². The summed E-state index contributed by atoms with van der Waals surface area (Å²) in [6, 6.07) is 83.6. The van der Waals surface area contributed by atoms with Gasteiger partial charge in [0.25, 0.3) is 17.4 Å². The Balaban J connectivity index is -0.000000211. The first-order valence-corrected chi connectivity index (χ1v) is 46.9. The van der Waals surface area contributed by atoms with Gasteiger partial charge in [-0.25, -0.2) is 9.97 Å². The number of carbonyl (C=O) groups is 4. The van der Waals surface area contributed by atoms with Crippen LogP contribution in [0, 0.1) is 27.7 Å². The quantitative estimate of drug-likeness (QED) is 0.143. The molecule has 2 aliphatic carbocycles. The van der Waals surface area contributed by atoms with Crippen molar-refractivity contribution in [3.05, 3.63) is 342 Å². The van der Waals surface area contributed by atoms with Crippen LogP contribution >= 0.6 is 22.7 Å². The van der Waals surface area contributed by atoms with Gasteiger partial charge in [0.1, 0.15) is 16.9 Å². The molecule has 8 heterocycles. The van der Waals surface area contributed by atoms with E-state index >= 15 is 0 Å². The number of likely N-dealkylation sites (N-methyl/N-ethyl adjacent to an activating group) is 1. The molecule has 0 N–H and O–H groups in total. The summed E-state index contributed by atoms with van der Waals surface area (Å²) >= 11 is 3.59. The monoisotopic (exact) mass is 1860 g/mol. The van der Waals surface area contributed by atoms with Crippen LogP contribution < -0.4 is 10.5 Å². The maximum atomic E-state index is 11.3. The number of hydrogen-bond donors (Lipinski definition) is 0. The summed E-state index contributed by atoms with van der Waals surface area (Å²) in [6.45, 7) is 55.7. The van der Waals surface area contributed by atoms with Gasteiger partial charge >= 0.3 is 0 Å². The second-order valence-corrected chi connectivity index (χ2v) is 27.9. The number of oxazole rings is 1. The van der Waals surface area contributed by atoms with Crippen LogP contribution in [0.3, 0.4) is 0 Å². The van der Waals surface area contributed by atoms with E-state index in [9.17, 15) is 24.0 Å². The minimum Gasteiger partial charge on any atom is -0.461 e. The van der Waals surface area contributed by atoms with Crippen LogP contribution in [0.1, 0.15) is 304 Å². The van der Waals surface area contributed by atoms with E-state index in [1.54, 1.807) is 45.2 Å². The molecule has 0 spiro atoms. The van der Waals surface area contributed by atoms with Crippen molar-refractivity contribution in [1.29, 1.82) is 0 Å². The van der Waals surface area contributed by atoms with Crippen LogP contribution in [0.15, 0.2) is 279 Å². The summed E-state index contributed by atoms with van der Waals surface area (Å²) in [6.07, 6.45) is 5.62. The molecule has 20 rings (SSSR count). The molecule has 0 radical (unpaired) electrons. The van der Waals surface area contributed by atoms with Crippen molar-refractivity contribution in [2.24, 2.45) is 7.05 Å². The highest BCUT2D eigenvalue weighted by molar-refractivity contribution is 7.19. The van der Waals surface area contributed by atoms with Crippen molar-refractivity contribution in [2.75, 3.05) is 26.0 Å². The van der Waals surface area contributed by atoms with E-state index in [0.717, 1.165) is 104 Å². The molecule has 0 bridgehead atoms. The zero-order valence-corrected chi connectivity index (χ0v) is 83.5. The van der Waals surface area contributed by atoms with Crippen LogP contribution in [-0.4, -0.2) is 69.2 Å². The summed E-state index contributed by atoms with van der Waals surface area (Å²) in [5.41, 5.74) is 17.1. The number of carbonyl (C=O) groups excluding carboxylic acids is 4. The number of anilines is 1. The van der Waals surface area contributed by atoms with Crippen LogP contribution in [0.4, 0.5) is 5.69 Å². The molecule has 0 fully saturated rings. The van der Waals surface area contributed by atoms with E-state index in [4.69, 9.17) is 13.4 Å². The first-order chi connectivity index (χ1) is 61.3. The summed E-state index contributed by atoms with van der Waals surface area (Å²) in [5, 5.41) is 4.32. The molecule has 5 aliphatic rings. The van der Waals surface area contributed by atoms with E-state index in [2.05, 4.69) is 90.6 Å². The predicted molar refractivity (Wildman–Crippen MR) is 595 cm³/mol. The number of aromatic nitrogens is 3. The Hall–Kier alpha value is -11.9. The van der Waals surface area contributed by atoms with Gasteiger partial charge in [-0.05, 0) is 158 Å². The van der Waals surface area contributed by atoms with Gasteiger partial charge in [0.2, 0.25) is 5.91 Å². The molecule has 3 amide bonds. The lowest BCUT2D eigenvalue weighted by atomic mass is 10.1. The Morgan fingerprint density at radius 1 is 0.346 bits per heavy atom. The number of para-hydroxylation sites is 6. The third-order valence-electron chi connectivity index (χ3n) is 17.5. The standard InChI is InChI=1S/C10H10.3C9H9NO.2C9H8O.C9H8S.C8H7NO2.C8H7NO.C8H7NS.11C2H6.7CH4/c1-8-6-9-4-2-3-5-10(9)7-8;2*1-10-6-7-4-2-3-5-8(7)9(10)11;1-10-8-5-3-2-4-7(8)6-9(10)11;1-7-6-8-4-2-3-5-9(8)10-7;10-9-6-5-7-3-1-2-4-8(7)9;1-7-6-8-4-2-3-5-9(8)10-7;1-9-8(10)6-4-2-3-5-7(6)11-9;2*1-6-9-7-4-2-3-5-8(7)10-6;11*1-2;;;;;;;/h2-6H,7H2,1H3;3*2-5H,6H2,1H3;2-6H,1H3;1-4H,5-6H2;2-6H,1H3;2-5H,1H3;2*2-5H,1H3;11*1-2H3;7*1H4. The summed E-state index contributed by atoms with van der Waals surface area (Å²) in [7, 11) is 7.06. The van der Waals surface area contributed by atoms with Gasteiger partial charge in [0.05, 0.1) is 27.0 Å². The number of amides is 3. The molecular weight excluding hydrogens is 1680 g/mol. The lowest BCUT2D eigenvalue weighted by molar-refractivity contribution is -0.117. The van der Waals surface area contributed by atoms with Crippen LogP contribution in [0.2, 0.25) is 0 Å². The van der Waals surface area contributed by atoms with Crippen molar-refractivity contribution < 1.29 is 32.5 Å². The molecule has 133 heavy (non-hydrogen) atoms. The first kappa shape index (κ1) is 137. The molecule has 0 unspecified atom stereocenters. The highest BCUT2D eigenvalue weighted by Gasteiger charge is 2.25. The number of Topliss-reactive ketones (excluding diaryl/α,β-unsaturated/α-hetero) is 1. The summed E-state index contributed by atoms with van der Waals surface area (Å²) in [5.74, 6) is 2.46. The highest BCUT2D eigenvalue weighted by Crippen LogP contribution is 2.29. The molecule has 0 atom stereocenters. The second kappa shape index (κ2) is 79.9. The average Bonchev–Trinajstić information content (AvgIpc) is 1.66. The Bertz CT molecular complexity index is 5120. The molecule has 0 saturated heterocycles. The van der Waals surface area contributed by atoms with Crippen molar-refractivity contribution in [2.45, 2.75) is 278 Å². The number of benzene rings is 10. The fourth-order valence-electron chi connectivity index (χ4n) is 12.3. The zero-order chi connectivity index (χ0) is 95.2. The lowest BCUT2D eigenvalue weighted by Crippen LogP contribution is -2.20. The fourth-order valence-corrected chi connectivity index (χ4v) is 14.1. The number of thiazole rings is 1. The third-order valence-corrected chi connectivity index (χ3v) is 19.5. The second-order valence-electron chi connectivity index (χ2n) is 25.4. The molecule has 14 nitrogen and oxygen atoms in total. The maximum absolute atomic E-state index is 11.3. The number of ketones is 1. The molecule has 3 aliphatic heterocycles. The molecule has 16 heteroatoms. The average molecular weight is 1860 g/mol. The number of rotatable bonds is 0. The summed E-state index contributed by atoms with van der Waals surface area (Å²) in [4.78, 5) is 71.1. The Kier molecular flexibility index (Phi) is 82.0. The number of thiophene rings is 1. The zero-order valence-electron chi connectivity index (χ0n) is 81.8. The van der Waals surface area contributed by atoms with Gasteiger partial charge < -0.3 is 28.1 Å². The van der Waals surface area contributed by atoms with Crippen molar-refractivity contribution in [3.63, 3.8) is 0 Å². The van der Waals surface area contributed by atoms with Crippen molar-refractivity contribution in [1.82, 2.24) is 24.5 Å². The van der Waals surface area contributed by atoms with Gasteiger partial charge in [0.15, 0.2) is 22.8 Å². The topological polar surface area (TPSA) is 165 Å². The van der Waals surface area contributed by atoms with E-state index in [-0.39, 0.29) is 75.3 Å². The number of hydrogen-bond acceptors (Lipinski definition) is 12. The van der Waals surface area contributed by atoms with Crippen molar-refractivity contribution >= 4 is 111 Å². The normalized spacial score (nSPS) is 10.6. The number of furan rings is 1. The van der Waals surface area contributed by atoms with Gasteiger partial charge in [-0.15, -0.1) is 22.7 Å². The SMILES string of the molecule is C.C.C.C.C.C.C.CC.CC.CC.CC.CC.CC.CC.CC.CC.CC.CC.CC1=Cc2ccccc2C1.CN1C(=O)Cc2ccccc21.CN1Cc2ccccc2C1=O.CN1Cc2ccccc2C1=O.Cc1cc2ccccc2o1.Cc1cc2ccccc2s1.Cc1nc2ccccc2o1.Cc1nc2ccccc2s1.Cn1oc2ccccc2c1=O.O=C1CCc2ccccc21. The first-order valence-electron chi connectivity index (χ1n) is 45.3. The smallest absolute Gasteiger partial charge is 0.290 e. The molecule has 5 aromatic heterocycles. The molecule has 10 aromatic carbocycles. The largest absolute Gasteiger partial charge is 0.461 e. The Morgan fingerprint density at radius 2 is 0.759 bits per heavy atom. The molecular formula is C117H176N6O8S2. The molecule has 15 aromatic rings. The van der Waals surface area contributed by atoms with E-state index in [1.807, 2.05) is 388 Å². The highest BCUT2D eigenvalue weighted by atomic mass is 32.1. The molecule has 734 valence electrons. The summed E-state index contributed by atoms with van der Waals surface area (Å²) < 4.78 is 19.6. The van der Waals surface area contributed by atoms with Gasteiger partial charge in [0, 0.05) is 92.0 Å². The number of fused-ring (bicyclic) bond motifs is 10. The molecule has 0 saturated carbocycles. The fraction of sp³-hybridized carbons (Fsp3) is 0.376. The van der Waals surface area contributed by atoms with Crippen LogP contribution in [0.5, 0.6) is 0 Å². The van der Waals surface area contributed by atoms with E-state index in [1.165, 1.54) is 52.1 Å². The maximum Gasteiger partial charge on any atom is 0.290 e. The van der Waals surface area contributed by atoms with Gasteiger partial charge in [-0.3, -0.25) is 24.0 Å². The van der Waals surface area contributed by atoms with Gasteiger partial charge in [-0.1, -0.05) is 392 Å². The minimum atomic E-state index is -0.0828. The van der Waals surface area contributed by atoms with E-state index < -0.39 is 0 Å². The number of allylic oxidation sites excluding steroid dienone is 1. The predicted octanol–water partition coefficient (Wildman–Crippen LogP) is 35.8. The van der Waals surface area contributed by atoms with Crippen LogP contribution in [0.25, 0.3) is 59.4 Å². The minimum absolute atomic E-state index is 0. The third kappa shape index (κ3) is 44.0. The van der Waals surface area contributed by atoms with Crippen molar-refractivity contribution in [3.8, 4) is 0 Å². The lowest BCUT2D eigenvalue weighted by Gasteiger charge is -2.08. The van der Waals surface area contributed by atoms with E-state index in [0.29, 0.717) is 29.6 Å². The van der Waals surface area contributed by atoms with Crippen LogP contribution in [-0.2, 0) is 44.2 Å². The number of aryl methyl sites for hydroxylation is 6. The van der Waals surface area contributed by atoms with Gasteiger partial charge in [-0.2, -0.15) is 4.74 Å². The number of nitrogens with zero attached hydrogens (tertiary/aromatic N) is 6.